The van der Waals surface area contributed by atoms with E-state index in [-0.39, 0.29) is 16.8 Å². The van der Waals surface area contributed by atoms with Gasteiger partial charge in [-0.3, -0.25) is 4.79 Å². The highest BCUT2D eigenvalue weighted by molar-refractivity contribution is 5.77. The fourth-order valence-electron chi connectivity index (χ4n) is 5.69. The van der Waals surface area contributed by atoms with E-state index < -0.39 is 0 Å². The van der Waals surface area contributed by atoms with Crippen LogP contribution >= 0.6 is 0 Å². The van der Waals surface area contributed by atoms with E-state index in [9.17, 15) is 4.79 Å². The van der Waals surface area contributed by atoms with Gasteiger partial charge in [-0.1, -0.05) is 13.3 Å². The average Bonchev–Trinajstić information content (AvgIpc) is 2.46. The average molecular weight is 280 g/mol. The zero-order valence-electron chi connectivity index (χ0n) is 13.1. The second-order valence-corrected chi connectivity index (χ2v) is 7.56. The third-order valence-corrected chi connectivity index (χ3v) is 6.66. The Labute approximate surface area is 122 Å². The van der Waals surface area contributed by atoms with Crippen LogP contribution in [0.4, 0.5) is 0 Å². The molecule has 1 heterocycles. The largest absolute Gasteiger partial charge is 0.469 e. The molecule has 0 radical (unpaired) electrons. The number of rotatable bonds is 1. The van der Waals surface area contributed by atoms with Crippen molar-refractivity contribution < 1.29 is 14.3 Å². The molecule has 3 heteroatoms. The number of hydrogen-bond acceptors (Lipinski definition) is 3. The second kappa shape index (κ2) is 5.01. The Morgan fingerprint density at radius 1 is 1.15 bits per heavy atom. The third kappa shape index (κ3) is 1.93. The SMILES string of the molecule is COC(=O)[C@]1(C)CCC[C@@]2(C)[C@@H]3CCCO[C@@H]3CC[C@@H]21. The number of esters is 1. The molecule has 3 aliphatic rings. The monoisotopic (exact) mass is 280 g/mol. The molecule has 0 aromatic rings. The van der Waals surface area contributed by atoms with Crippen molar-refractivity contribution in [1.29, 1.82) is 0 Å². The van der Waals surface area contributed by atoms with Crippen LogP contribution in [0.5, 0.6) is 0 Å². The molecular weight excluding hydrogens is 252 g/mol. The second-order valence-electron chi connectivity index (χ2n) is 7.56. The lowest BCUT2D eigenvalue weighted by Gasteiger charge is -2.59. The molecule has 3 nitrogen and oxygen atoms in total. The maximum Gasteiger partial charge on any atom is 0.311 e. The molecule has 3 fully saturated rings. The fraction of sp³-hybridized carbons (Fsp3) is 0.941. The van der Waals surface area contributed by atoms with E-state index >= 15 is 0 Å². The maximum absolute atomic E-state index is 12.4. The molecule has 0 N–H and O–H groups in total. The number of carbonyl (C=O) groups is 1. The van der Waals surface area contributed by atoms with Gasteiger partial charge in [-0.25, -0.2) is 0 Å². The topological polar surface area (TPSA) is 35.5 Å². The number of fused-ring (bicyclic) bond motifs is 3. The van der Waals surface area contributed by atoms with Gasteiger partial charge in [-0.2, -0.15) is 0 Å². The summed E-state index contributed by atoms with van der Waals surface area (Å²) in [5.74, 6) is 1.10. The minimum absolute atomic E-state index is 0.00334. The Morgan fingerprint density at radius 2 is 1.95 bits per heavy atom. The molecule has 2 aliphatic carbocycles. The first-order chi connectivity index (χ1) is 9.52. The van der Waals surface area contributed by atoms with Crippen LogP contribution in [0.1, 0.15) is 58.8 Å². The summed E-state index contributed by atoms with van der Waals surface area (Å²) >= 11 is 0. The first kappa shape index (κ1) is 14.4. The van der Waals surface area contributed by atoms with Crippen LogP contribution in [0.2, 0.25) is 0 Å². The van der Waals surface area contributed by atoms with Crippen molar-refractivity contribution in [2.75, 3.05) is 13.7 Å². The maximum atomic E-state index is 12.4. The van der Waals surface area contributed by atoms with Gasteiger partial charge in [0.2, 0.25) is 0 Å². The summed E-state index contributed by atoms with van der Waals surface area (Å²) in [6.07, 6.45) is 8.49. The lowest BCUT2D eigenvalue weighted by atomic mass is 9.46. The van der Waals surface area contributed by atoms with E-state index in [1.54, 1.807) is 0 Å². The van der Waals surface area contributed by atoms with E-state index in [0.717, 1.165) is 32.3 Å². The fourth-order valence-corrected chi connectivity index (χ4v) is 5.69. The minimum Gasteiger partial charge on any atom is -0.469 e. The Kier molecular flexibility index (Phi) is 3.60. The van der Waals surface area contributed by atoms with Crippen molar-refractivity contribution >= 4 is 5.97 Å². The summed E-state index contributed by atoms with van der Waals surface area (Å²) < 4.78 is 11.2. The van der Waals surface area contributed by atoms with Crippen molar-refractivity contribution in [2.45, 2.75) is 64.9 Å². The van der Waals surface area contributed by atoms with E-state index in [4.69, 9.17) is 9.47 Å². The summed E-state index contributed by atoms with van der Waals surface area (Å²) in [6.45, 7) is 5.49. The van der Waals surface area contributed by atoms with Gasteiger partial charge in [-0.05, 0) is 62.7 Å². The highest BCUT2D eigenvalue weighted by Gasteiger charge is 2.59. The van der Waals surface area contributed by atoms with Gasteiger partial charge >= 0.3 is 5.97 Å². The molecule has 20 heavy (non-hydrogen) atoms. The summed E-state index contributed by atoms with van der Waals surface area (Å²) in [7, 11) is 1.54. The van der Waals surface area contributed by atoms with Crippen LogP contribution in [-0.2, 0) is 14.3 Å². The van der Waals surface area contributed by atoms with Crippen LogP contribution in [0.3, 0.4) is 0 Å². The third-order valence-electron chi connectivity index (χ3n) is 6.66. The molecule has 0 bridgehead atoms. The number of carbonyl (C=O) groups excluding carboxylic acids is 1. The van der Waals surface area contributed by atoms with Gasteiger partial charge < -0.3 is 9.47 Å². The summed E-state index contributed by atoms with van der Waals surface area (Å²) in [4.78, 5) is 12.4. The molecule has 2 saturated carbocycles. The van der Waals surface area contributed by atoms with Crippen LogP contribution < -0.4 is 0 Å². The summed E-state index contributed by atoms with van der Waals surface area (Å²) in [5, 5.41) is 0. The van der Waals surface area contributed by atoms with Gasteiger partial charge in [0.1, 0.15) is 0 Å². The molecule has 1 aliphatic heterocycles. The summed E-state index contributed by atoms with van der Waals surface area (Å²) in [6, 6.07) is 0. The Hall–Kier alpha value is -0.570. The normalized spacial score (nSPS) is 48.0. The van der Waals surface area contributed by atoms with E-state index in [1.165, 1.54) is 26.4 Å². The molecule has 0 aromatic carbocycles. The molecule has 5 atom stereocenters. The number of methoxy groups -OCH3 is 1. The highest BCUT2D eigenvalue weighted by Crippen LogP contribution is 2.62. The van der Waals surface area contributed by atoms with Gasteiger partial charge in [0, 0.05) is 6.61 Å². The molecule has 0 unspecified atom stereocenters. The summed E-state index contributed by atoms with van der Waals surface area (Å²) in [5.41, 5.74) is -0.0330. The first-order valence-corrected chi connectivity index (χ1v) is 8.22. The van der Waals surface area contributed by atoms with Crippen LogP contribution in [0, 0.1) is 22.7 Å². The van der Waals surface area contributed by atoms with Gasteiger partial charge in [0.25, 0.3) is 0 Å². The first-order valence-electron chi connectivity index (χ1n) is 8.22. The highest BCUT2D eigenvalue weighted by atomic mass is 16.5. The van der Waals surface area contributed by atoms with Gasteiger partial charge in [-0.15, -0.1) is 0 Å². The standard InChI is InChI=1S/C17H28O3/c1-16-9-5-10-17(2,15(18)19-3)14(16)8-7-13-12(16)6-4-11-20-13/h12-14H,4-11H2,1-3H3/t12-,13-,14+,16+,17-/m1/s1. The predicted octanol–water partition coefficient (Wildman–Crippen LogP) is 3.56. The van der Waals surface area contributed by atoms with E-state index in [0.29, 0.717) is 17.9 Å². The molecule has 1 saturated heterocycles. The van der Waals surface area contributed by atoms with Gasteiger partial charge in [0.15, 0.2) is 0 Å². The van der Waals surface area contributed by atoms with Gasteiger partial charge in [0.05, 0.1) is 18.6 Å². The van der Waals surface area contributed by atoms with E-state index in [1.807, 2.05) is 0 Å². The predicted molar refractivity (Wildman–Crippen MR) is 77.3 cm³/mol. The zero-order chi connectivity index (χ0) is 14.4. The number of ether oxygens (including phenoxy) is 2. The van der Waals surface area contributed by atoms with Crippen LogP contribution in [-0.4, -0.2) is 25.8 Å². The Bertz CT molecular complexity index is 394. The quantitative estimate of drug-likeness (QED) is 0.689. The molecule has 3 rings (SSSR count). The minimum atomic E-state index is -0.288. The van der Waals surface area contributed by atoms with Crippen molar-refractivity contribution in [1.82, 2.24) is 0 Å². The van der Waals surface area contributed by atoms with Crippen LogP contribution in [0.25, 0.3) is 0 Å². The Balaban J connectivity index is 1.93. The molecule has 0 aromatic heterocycles. The zero-order valence-corrected chi connectivity index (χ0v) is 13.1. The van der Waals surface area contributed by atoms with Crippen molar-refractivity contribution in [2.24, 2.45) is 22.7 Å². The van der Waals surface area contributed by atoms with Crippen molar-refractivity contribution in [3.8, 4) is 0 Å². The Morgan fingerprint density at radius 3 is 2.70 bits per heavy atom. The smallest absolute Gasteiger partial charge is 0.311 e. The molecular formula is C17H28O3. The molecule has 0 amide bonds. The molecule has 0 spiro atoms. The van der Waals surface area contributed by atoms with E-state index in [2.05, 4.69) is 13.8 Å². The lowest BCUT2D eigenvalue weighted by Crippen LogP contribution is -2.57. The lowest BCUT2D eigenvalue weighted by molar-refractivity contribution is -0.189. The van der Waals surface area contributed by atoms with Crippen LogP contribution in [0.15, 0.2) is 0 Å². The molecule has 114 valence electrons. The van der Waals surface area contributed by atoms with Crippen molar-refractivity contribution in [3.05, 3.63) is 0 Å². The van der Waals surface area contributed by atoms with Crippen molar-refractivity contribution in [3.63, 3.8) is 0 Å². The number of hydrogen-bond donors (Lipinski definition) is 0.